The van der Waals surface area contributed by atoms with Gasteiger partial charge < -0.3 is 15.0 Å². The number of halogens is 1. The van der Waals surface area contributed by atoms with Crippen molar-refractivity contribution in [1.29, 1.82) is 0 Å². The molecule has 5 nitrogen and oxygen atoms in total. The zero-order chi connectivity index (χ0) is 20.6. The van der Waals surface area contributed by atoms with E-state index < -0.39 is 6.04 Å². The van der Waals surface area contributed by atoms with Crippen LogP contribution < -0.4 is 5.32 Å². The van der Waals surface area contributed by atoms with E-state index in [1.807, 2.05) is 30.3 Å². The highest BCUT2D eigenvalue weighted by molar-refractivity contribution is 5.88. The molecule has 1 N–H and O–H groups in total. The van der Waals surface area contributed by atoms with Gasteiger partial charge in [-0.15, -0.1) is 0 Å². The van der Waals surface area contributed by atoms with Gasteiger partial charge in [0.2, 0.25) is 11.8 Å². The average Bonchev–Trinajstić information content (AvgIpc) is 3.25. The zero-order valence-corrected chi connectivity index (χ0v) is 16.6. The van der Waals surface area contributed by atoms with Gasteiger partial charge in [-0.05, 0) is 43.0 Å². The van der Waals surface area contributed by atoms with Crippen LogP contribution in [0.4, 0.5) is 4.39 Å². The highest BCUT2D eigenvalue weighted by atomic mass is 19.1. The van der Waals surface area contributed by atoms with Crippen LogP contribution in [0.5, 0.6) is 0 Å². The molecule has 2 amide bonds. The first-order valence-electron chi connectivity index (χ1n) is 10.00. The molecule has 1 aliphatic rings. The summed E-state index contributed by atoms with van der Waals surface area (Å²) < 4.78 is 18.8. The Bertz CT molecular complexity index is 805. The fourth-order valence-electron chi connectivity index (χ4n) is 3.41. The molecule has 1 heterocycles. The summed E-state index contributed by atoms with van der Waals surface area (Å²) in [6, 6.07) is 14.8. The van der Waals surface area contributed by atoms with Gasteiger partial charge in [0.15, 0.2) is 0 Å². The molecule has 2 aromatic rings. The largest absolute Gasteiger partial charge is 0.376 e. The van der Waals surface area contributed by atoms with Crippen LogP contribution in [-0.4, -0.2) is 42.0 Å². The Kier molecular flexibility index (Phi) is 7.36. The van der Waals surface area contributed by atoms with Gasteiger partial charge in [0.25, 0.3) is 0 Å². The second-order valence-corrected chi connectivity index (χ2v) is 7.37. The van der Waals surface area contributed by atoms with Gasteiger partial charge in [0.05, 0.1) is 12.5 Å². The molecular formula is C23H27FN2O3. The molecule has 1 aliphatic heterocycles. The highest BCUT2D eigenvalue weighted by Gasteiger charge is 2.27. The molecule has 154 valence electrons. The molecule has 3 rings (SSSR count). The molecule has 2 atom stereocenters. The third-order valence-electron chi connectivity index (χ3n) is 5.16. The Balaban J connectivity index is 1.70. The maximum absolute atomic E-state index is 13.2. The molecule has 0 aromatic heterocycles. The predicted molar refractivity (Wildman–Crippen MR) is 109 cm³/mol. The maximum atomic E-state index is 13.2. The molecule has 0 aliphatic carbocycles. The highest BCUT2D eigenvalue weighted by Crippen LogP contribution is 2.14. The SMILES string of the molecule is CC(C(=O)NCC1CCCO1)N(Cc1ccc(F)cc1)C(=O)Cc1ccccc1. The average molecular weight is 398 g/mol. The third-order valence-corrected chi connectivity index (χ3v) is 5.16. The summed E-state index contributed by atoms with van der Waals surface area (Å²) in [5, 5.41) is 2.90. The van der Waals surface area contributed by atoms with Crippen LogP contribution in [0.3, 0.4) is 0 Å². The van der Waals surface area contributed by atoms with Crippen molar-refractivity contribution in [1.82, 2.24) is 10.2 Å². The van der Waals surface area contributed by atoms with E-state index in [1.165, 1.54) is 12.1 Å². The lowest BCUT2D eigenvalue weighted by Gasteiger charge is -2.29. The van der Waals surface area contributed by atoms with Gasteiger partial charge in [-0.3, -0.25) is 9.59 Å². The van der Waals surface area contributed by atoms with Crippen LogP contribution >= 0.6 is 0 Å². The Morgan fingerprint density at radius 2 is 1.86 bits per heavy atom. The summed E-state index contributed by atoms with van der Waals surface area (Å²) >= 11 is 0. The van der Waals surface area contributed by atoms with Crippen molar-refractivity contribution in [3.8, 4) is 0 Å². The maximum Gasteiger partial charge on any atom is 0.242 e. The van der Waals surface area contributed by atoms with Crippen molar-refractivity contribution >= 4 is 11.8 Å². The molecule has 1 fully saturated rings. The number of nitrogens with zero attached hydrogens (tertiary/aromatic N) is 1. The molecule has 6 heteroatoms. The normalized spacial score (nSPS) is 17.0. The first kappa shape index (κ1) is 21.0. The summed E-state index contributed by atoms with van der Waals surface area (Å²) in [6.45, 7) is 3.13. The van der Waals surface area contributed by atoms with E-state index in [-0.39, 0.29) is 36.7 Å². The molecule has 1 saturated heterocycles. The lowest BCUT2D eigenvalue weighted by atomic mass is 10.1. The summed E-state index contributed by atoms with van der Waals surface area (Å²) in [6.07, 6.45) is 2.17. The topological polar surface area (TPSA) is 58.6 Å². The number of amides is 2. The molecular weight excluding hydrogens is 371 g/mol. The van der Waals surface area contributed by atoms with E-state index in [2.05, 4.69) is 5.32 Å². The molecule has 0 saturated carbocycles. The lowest BCUT2D eigenvalue weighted by Crippen LogP contribution is -2.49. The number of carbonyl (C=O) groups excluding carboxylic acids is 2. The fourth-order valence-corrected chi connectivity index (χ4v) is 3.41. The third kappa shape index (κ3) is 6.12. The van der Waals surface area contributed by atoms with Gasteiger partial charge in [0.1, 0.15) is 11.9 Å². The van der Waals surface area contributed by atoms with Crippen LogP contribution in [0.1, 0.15) is 30.9 Å². The van der Waals surface area contributed by atoms with Crippen LogP contribution in [0.25, 0.3) is 0 Å². The zero-order valence-electron chi connectivity index (χ0n) is 16.6. The van der Waals surface area contributed by atoms with Crippen LogP contribution in [0.2, 0.25) is 0 Å². The van der Waals surface area contributed by atoms with E-state index in [0.717, 1.165) is 30.6 Å². The lowest BCUT2D eigenvalue weighted by molar-refractivity contribution is -0.140. The Hall–Kier alpha value is -2.73. The Labute approximate surface area is 170 Å². The number of rotatable bonds is 8. The van der Waals surface area contributed by atoms with Crippen molar-refractivity contribution < 1.29 is 18.7 Å². The van der Waals surface area contributed by atoms with Crippen molar-refractivity contribution in [2.24, 2.45) is 0 Å². The summed E-state index contributed by atoms with van der Waals surface area (Å²) in [5.74, 6) is -0.706. The van der Waals surface area contributed by atoms with E-state index in [4.69, 9.17) is 4.74 Å². The number of carbonyl (C=O) groups is 2. The Morgan fingerprint density at radius 1 is 1.14 bits per heavy atom. The standard InChI is InChI=1S/C23H27FN2O3/c1-17(23(28)25-15-21-8-5-13-29-21)26(16-19-9-11-20(24)12-10-19)22(27)14-18-6-3-2-4-7-18/h2-4,6-7,9-12,17,21H,5,8,13-16H2,1H3,(H,25,28). The van der Waals surface area contributed by atoms with Crippen LogP contribution in [-0.2, 0) is 27.3 Å². The van der Waals surface area contributed by atoms with Crippen LogP contribution in [0, 0.1) is 5.82 Å². The van der Waals surface area contributed by atoms with Crippen molar-refractivity contribution in [2.75, 3.05) is 13.2 Å². The number of nitrogens with one attached hydrogen (secondary N) is 1. The summed E-state index contributed by atoms with van der Waals surface area (Å²) in [4.78, 5) is 27.3. The van der Waals surface area contributed by atoms with E-state index in [0.29, 0.717) is 6.54 Å². The first-order chi connectivity index (χ1) is 14.0. The minimum Gasteiger partial charge on any atom is -0.376 e. The van der Waals surface area contributed by atoms with Gasteiger partial charge >= 0.3 is 0 Å². The Morgan fingerprint density at radius 3 is 2.52 bits per heavy atom. The second kappa shape index (κ2) is 10.2. The number of hydrogen-bond acceptors (Lipinski definition) is 3. The van der Waals surface area contributed by atoms with Crippen molar-refractivity contribution in [3.63, 3.8) is 0 Å². The second-order valence-electron chi connectivity index (χ2n) is 7.37. The molecule has 0 bridgehead atoms. The van der Waals surface area contributed by atoms with E-state index >= 15 is 0 Å². The van der Waals surface area contributed by atoms with Crippen molar-refractivity contribution in [3.05, 3.63) is 71.5 Å². The molecule has 0 spiro atoms. The minimum atomic E-state index is -0.655. The van der Waals surface area contributed by atoms with Crippen molar-refractivity contribution in [2.45, 2.75) is 44.9 Å². The first-order valence-corrected chi connectivity index (χ1v) is 10.00. The van der Waals surface area contributed by atoms with E-state index in [1.54, 1.807) is 24.0 Å². The molecule has 2 aromatic carbocycles. The smallest absolute Gasteiger partial charge is 0.242 e. The number of hydrogen-bond donors (Lipinski definition) is 1. The van der Waals surface area contributed by atoms with E-state index in [9.17, 15) is 14.0 Å². The van der Waals surface area contributed by atoms with Gasteiger partial charge in [-0.1, -0.05) is 42.5 Å². The molecule has 0 radical (unpaired) electrons. The monoisotopic (exact) mass is 398 g/mol. The van der Waals surface area contributed by atoms with Gasteiger partial charge in [-0.25, -0.2) is 4.39 Å². The quantitative estimate of drug-likeness (QED) is 0.744. The molecule has 29 heavy (non-hydrogen) atoms. The predicted octanol–water partition coefficient (Wildman–Crippen LogP) is 3.08. The fraction of sp³-hybridized carbons (Fsp3) is 0.391. The minimum absolute atomic E-state index is 0.0386. The number of benzene rings is 2. The van der Waals surface area contributed by atoms with Gasteiger partial charge in [-0.2, -0.15) is 0 Å². The summed E-state index contributed by atoms with van der Waals surface area (Å²) in [7, 11) is 0. The molecule has 2 unspecified atom stereocenters. The van der Waals surface area contributed by atoms with Crippen LogP contribution in [0.15, 0.2) is 54.6 Å². The van der Waals surface area contributed by atoms with Gasteiger partial charge in [0, 0.05) is 19.7 Å². The summed E-state index contributed by atoms with van der Waals surface area (Å²) in [5.41, 5.74) is 1.65. The number of ether oxygens (including phenoxy) is 1.